The van der Waals surface area contributed by atoms with Gasteiger partial charge in [0.05, 0.1) is 11.3 Å². The molecule has 20 heavy (non-hydrogen) atoms. The molecule has 0 saturated carbocycles. The summed E-state index contributed by atoms with van der Waals surface area (Å²) in [4.78, 5) is 16.1. The number of carbonyl (C=O) groups is 1. The predicted molar refractivity (Wildman–Crippen MR) is 77.5 cm³/mol. The van der Waals surface area contributed by atoms with Crippen molar-refractivity contribution in [3.63, 3.8) is 0 Å². The van der Waals surface area contributed by atoms with Crippen LogP contribution in [0.5, 0.6) is 0 Å². The SMILES string of the molecule is CCNc1ccncc1C(=O)Nc1ccc(C)c(F)c1. The van der Waals surface area contributed by atoms with Crippen molar-refractivity contribution in [1.82, 2.24) is 4.98 Å². The second-order valence-electron chi connectivity index (χ2n) is 4.37. The molecule has 2 rings (SSSR count). The number of aromatic nitrogens is 1. The van der Waals surface area contributed by atoms with Crippen molar-refractivity contribution in [1.29, 1.82) is 0 Å². The number of carbonyl (C=O) groups excluding carboxylic acids is 1. The minimum absolute atomic E-state index is 0.322. The molecule has 0 aliphatic rings. The Bertz CT molecular complexity index is 628. The van der Waals surface area contributed by atoms with Gasteiger partial charge in [0, 0.05) is 24.6 Å². The maximum atomic E-state index is 13.5. The molecule has 1 aromatic heterocycles. The van der Waals surface area contributed by atoms with Gasteiger partial charge >= 0.3 is 0 Å². The molecule has 104 valence electrons. The third-order valence-corrected chi connectivity index (χ3v) is 2.86. The number of hydrogen-bond acceptors (Lipinski definition) is 3. The number of anilines is 2. The van der Waals surface area contributed by atoms with Gasteiger partial charge in [0.1, 0.15) is 5.82 Å². The van der Waals surface area contributed by atoms with Gasteiger partial charge in [-0.1, -0.05) is 6.07 Å². The Kier molecular flexibility index (Phi) is 4.30. The molecule has 0 aliphatic carbocycles. The van der Waals surface area contributed by atoms with E-state index >= 15 is 0 Å². The Morgan fingerprint density at radius 1 is 1.35 bits per heavy atom. The molecule has 1 amide bonds. The van der Waals surface area contributed by atoms with Crippen LogP contribution in [0.2, 0.25) is 0 Å². The Labute approximate surface area is 117 Å². The normalized spacial score (nSPS) is 10.2. The zero-order valence-corrected chi connectivity index (χ0v) is 11.4. The highest BCUT2D eigenvalue weighted by Gasteiger charge is 2.12. The number of benzene rings is 1. The number of hydrogen-bond donors (Lipinski definition) is 2. The second kappa shape index (κ2) is 6.14. The molecule has 0 bridgehead atoms. The van der Waals surface area contributed by atoms with E-state index in [0.717, 1.165) is 0 Å². The Morgan fingerprint density at radius 2 is 2.15 bits per heavy atom. The first-order chi connectivity index (χ1) is 9.61. The Hall–Kier alpha value is -2.43. The lowest BCUT2D eigenvalue weighted by atomic mass is 10.2. The lowest BCUT2D eigenvalue weighted by molar-refractivity contribution is 0.102. The van der Waals surface area contributed by atoms with Crippen molar-refractivity contribution in [3.05, 3.63) is 53.6 Å². The molecule has 0 unspecified atom stereocenters. The quantitative estimate of drug-likeness (QED) is 0.899. The van der Waals surface area contributed by atoms with E-state index in [2.05, 4.69) is 15.6 Å². The van der Waals surface area contributed by atoms with Crippen LogP contribution in [0, 0.1) is 12.7 Å². The summed E-state index contributed by atoms with van der Waals surface area (Å²) < 4.78 is 13.5. The summed E-state index contributed by atoms with van der Waals surface area (Å²) in [7, 11) is 0. The molecule has 1 heterocycles. The standard InChI is InChI=1S/C15H16FN3O/c1-3-18-14-6-7-17-9-12(14)15(20)19-11-5-4-10(2)13(16)8-11/h4-9H,3H2,1-2H3,(H,17,18)(H,19,20). The summed E-state index contributed by atoms with van der Waals surface area (Å²) in [5.41, 5.74) is 2.09. The highest BCUT2D eigenvalue weighted by atomic mass is 19.1. The summed E-state index contributed by atoms with van der Waals surface area (Å²) >= 11 is 0. The largest absolute Gasteiger partial charge is 0.385 e. The summed E-state index contributed by atoms with van der Waals surface area (Å²) in [6.45, 7) is 4.31. The van der Waals surface area contributed by atoms with E-state index in [9.17, 15) is 9.18 Å². The number of nitrogens with zero attached hydrogens (tertiary/aromatic N) is 1. The molecule has 2 aromatic rings. The van der Waals surface area contributed by atoms with Gasteiger partial charge in [0.15, 0.2) is 0 Å². The molecule has 0 radical (unpaired) electrons. The van der Waals surface area contributed by atoms with Crippen LogP contribution in [0.1, 0.15) is 22.8 Å². The van der Waals surface area contributed by atoms with Gasteiger partial charge in [-0.3, -0.25) is 9.78 Å². The summed E-state index contributed by atoms with van der Waals surface area (Å²) in [6.07, 6.45) is 3.10. The monoisotopic (exact) mass is 273 g/mol. The van der Waals surface area contributed by atoms with Crippen LogP contribution >= 0.6 is 0 Å². The van der Waals surface area contributed by atoms with E-state index in [1.807, 2.05) is 6.92 Å². The van der Waals surface area contributed by atoms with E-state index in [0.29, 0.717) is 29.0 Å². The molecule has 2 N–H and O–H groups in total. The van der Waals surface area contributed by atoms with Gasteiger partial charge in [-0.25, -0.2) is 4.39 Å². The van der Waals surface area contributed by atoms with E-state index in [1.165, 1.54) is 12.3 Å². The minimum atomic E-state index is -0.346. The molecule has 4 nitrogen and oxygen atoms in total. The van der Waals surface area contributed by atoms with Crippen LogP contribution in [0.15, 0.2) is 36.7 Å². The Balaban J connectivity index is 2.21. The Morgan fingerprint density at radius 3 is 2.85 bits per heavy atom. The highest BCUT2D eigenvalue weighted by molar-refractivity contribution is 6.07. The summed E-state index contributed by atoms with van der Waals surface area (Å²) in [5, 5.41) is 5.75. The van der Waals surface area contributed by atoms with Gasteiger partial charge in [-0.2, -0.15) is 0 Å². The molecular weight excluding hydrogens is 257 g/mol. The van der Waals surface area contributed by atoms with E-state index in [4.69, 9.17) is 0 Å². The van der Waals surface area contributed by atoms with Crippen LogP contribution in [-0.2, 0) is 0 Å². The van der Waals surface area contributed by atoms with Crippen LogP contribution in [-0.4, -0.2) is 17.4 Å². The fourth-order valence-corrected chi connectivity index (χ4v) is 1.79. The van der Waals surface area contributed by atoms with Gasteiger partial charge < -0.3 is 10.6 Å². The highest BCUT2D eigenvalue weighted by Crippen LogP contribution is 2.18. The average Bonchev–Trinajstić information content (AvgIpc) is 2.44. The lowest BCUT2D eigenvalue weighted by Gasteiger charge is -2.10. The third kappa shape index (κ3) is 3.12. The van der Waals surface area contributed by atoms with Crippen molar-refractivity contribution >= 4 is 17.3 Å². The average molecular weight is 273 g/mol. The van der Waals surface area contributed by atoms with Crippen molar-refractivity contribution in [3.8, 4) is 0 Å². The molecule has 1 aromatic carbocycles. The maximum absolute atomic E-state index is 13.5. The number of pyridine rings is 1. The smallest absolute Gasteiger partial charge is 0.259 e. The third-order valence-electron chi connectivity index (χ3n) is 2.86. The molecular formula is C15H16FN3O. The molecule has 0 fully saturated rings. The predicted octanol–water partition coefficient (Wildman–Crippen LogP) is 3.21. The number of halogens is 1. The topological polar surface area (TPSA) is 54.0 Å². The van der Waals surface area contributed by atoms with Crippen molar-refractivity contribution < 1.29 is 9.18 Å². The van der Waals surface area contributed by atoms with Gasteiger partial charge in [-0.05, 0) is 37.6 Å². The van der Waals surface area contributed by atoms with Gasteiger partial charge in [0.2, 0.25) is 0 Å². The number of rotatable bonds is 4. The van der Waals surface area contributed by atoms with Crippen LogP contribution < -0.4 is 10.6 Å². The first-order valence-electron chi connectivity index (χ1n) is 6.37. The molecule has 0 saturated heterocycles. The molecule has 0 atom stereocenters. The second-order valence-corrected chi connectivity index (χ2v) is 4.37. The molecule has 0 spiro atoms. The molecule has 5 heteroatoms. The number of aryl methyl sites for hydroxylation is 1. The van der Waals surface area contributed by atoms with Crippen molar-refractivity contribution in [2.45, 2.75) is 13.8 Å². The fraction of sp³-hybridized carbons (Fsp3) is 0.200. The maximum Gasteiger partial charge on any atom is 0.259 e. The lowest BCUT2D eigenvalue weighted by Crippen LogP contribution is -2.15. The first-order valence-corrected chi connectivity index (χ1v) is 6.37. The number of nitrogens with one attached hydrogen (secondary N) is 2. The zero-order valence-electron chi connectivity index (χ0n) is 11.4. The van der Waals surface area contributed by atoms with Gasteiger partial charge in [0.25, 0.3) is 5.91 Å². The van der Waals surface area contributed by atoms with Crippen LogP contribution in [0.3, 0.4) is 0 Å². The van der Waals surface area contributed by atoms with E-state index < -0.39 is 0 Å². The zero-order chi connectivity index (χ0) is 14.5. The number of amides is 1. The summed E-state index contributed by atoms with van der Waals surface area (Å²) in [5.74, 6) is -0.668. The summed E-state index contributed by atoms with van der Waals surface area (Å²) in [6, 6.07) is 6.32. The van der Waals surface area contributed by atoms with E-state index in [1.54, 1.807) is 31.3 Å². The first kappa shape index (κ1) is 14.0. The van der Waals surface area contributed by atoms with Gasteiger partial charge in [-0.15, -0.1) is 0 Å². The van der Waals surface area contributed by atoms with Crippen LogP contribution in [0.4, 0.5) is 15.8 Å². The fourth-order valence-electron chi connectivity index (χ4n) is 1.79. The molecule has 0 aliphatic heterocycles. The minimum Gasteiger partial charge on any atom is -0.385 e. The van der Waals surface area contributed by atoms with Crippen LogP contribution in [0.25, 0.3) is 0 Å². The van der Waals surface area contributed by atoms with E-state index in [-0.39, 0.29) is 11.7 Å². The van der Waals surface area contributed by atoms with Crippen molar-refractivity contribution in [2.24, 2.45) is 0 Å². The van der Waals surface area contributed by atoms with Crippen molar-refractivity contribution in [2.75, 3.05) is 17.2 Å².